The lowest BCUT2D eigenvalue weighted by atomic mass is 9.85. The van der Waals surface area contributed by atoms with Crippen molar-refractivity contribution in [2.75, 3.05) is 126 Å². The minimum atomic E-state index is 0.000000000000000444. The van der Waals surface area contributed by atoms with Crippen LogP contribution in [-0.4, -0.2) is 132 Å². The van der Waals surface area contributed by atoms with Gasteiger partial charge in [0.2, 0.25) is 26.4 Å². The molecule has 0 aliphatic rings. The Balaban J connectivity index is 0.000000218. The third-order valence-electron chi connectivity index (χ3n) is 12.5. The zero-order valence-corrected chi connectivity index (χ0v) is 48.7. The van der Waals surface area contributed by atoms with Gasteiger partial charge in [-0.1, -0.05) is 72.8 Å². The van der Waals surface area contributed by atoms with Gasteiger partial charge in [0.05, 0.1) is 13.2 Å². The van der Waals surface area contributed by atoms with Crippen LogP contribution in [0.2, 0.25) is 26.4 Å². The Morgan fingerprint density at radius 3 is 0.792 bits per heavy atom. The average Bonchev–Trinajstić information content (AvgIpc) is 3.40. The maximum Gasteiger partial charge on any atom is 0.322 e. The van der Waals surface area contributed by atoms with Crippen LogP contribution in [0.25, 0.3) is 0 Å². The zero-order valence-electron chi connectivity index (χ0n) is 45.0. The molecule has 0 radical (unpaired) electrons. The second-order valence-electron chi connectivity index (χ2n) is 18.7. The van der Waals surface area contributed by atoms with E-state index in [1.54, 1.807) is 0 Å². The second-order valence-corrected chi connectivity index (χ2v) is 20.4. The molecule has 0 unspecified atom stereocenters. The Labute approximate surface area is 478 Å². The summed E-state index contributed by atoms with van der Waals surface area (Å²) in [6.07, 6.45) is 0. The van der Waals surface area contributed by atoms with Crippen molar-refractivity contribution in [3.8, 4) is 6.01 Å². The highest BCUT2D eigenvalue weighted by Crippen LogP contribution is 2.36. The molecule has 0 saturated carbocycles. The van der Waals surface area contributed by atoms with Crippen molar-refractivity contribution >= 4 is 92.1 Å². The van der Waals surface area contributed by atoms with Gasteiger partial charge in [-0.2, -0.15) is 29.9 Å². The first-order chi connectivity index (χ1) is 36.8. The minimum Gasteiger partial charge on any atom is -0.461 e. The fourth-order valence-corrected chi connectivity index (χ4v) is 9.17. The molecule has 0 saturated heterocycles. The number of hydrogen-bond donors (Lipinski definition) is 1. The molecule has 0 atom stereocenters. The van der Waals surface area contributed by atoms with E-state index in [0.717, 1.165) is 11.4 Å². The van der Waals surface area contributed by atoms with E-state index in [2.05, 4.69) is 261 Å². The monoisotopic (exact) mass is 1140 g/mol. The standard InChI is InChI=1S/C29H32Cl2N6O.C26H33N3O.C3Cl3N3/c1-35(2)23-12-6-20(7-13-23)26(21-8-14-24(15-9-21)36(3)4)22-10-16-25(17-11-22)37(5)18-19-38-29-33-27(30)32-28(31)34-29;1-27(2)23-12-6-20(7-13-23)26(21-8-14-24(15-9-21)28(3)4)22-10-16-25(17-11-22)29(5)18-19-30;4-1-7-2(5)9-3(6)8-1/h6-17,26H,18-19H2,1-5H3;6-17,26,30H,18-19H2,1-5H3;. The molecule has 77 heavy (non-hydrogen) atoms. The van der Waals surface area contributed by atoms with Crippen LogP contribution in [0.4, 0.5) is 34.1 Å². The van der Waals surface area contributed by atoms with Gasteiger partial charge in [0.15, 0.2) is 0 Å². The van der Waals surface area contributed by atoms with Gasteiger partial charge in [-0.05, 0) is 164 Å². The molecule has 0 fully saturated rings. The van der Waals surface area contributed by atoms with E-state index < -0.39 is 0 Å². The van der Waals surface area contributed by atoms with E-state index in [-0.39, 0.29) is 50.9 Å². The van der Waals surface area contributed by atoms with Gasteiger partial charge in [0.1, 0.15) is 6.61 Å². The van der Waals surface area contributed by atoms with Crippen LogP contribution in [0.5, 0.6) is 6.01 Å². The van der Waals surface area contributed by atoms with E-state index in [0.29, 0.717) is 19.7 Å². The number of benzene rings is 6. The van der Waals surface area contributed by atoms with Gasteiger partial charge in [-0.3, -0.25) is 0 Å². The second kappa shape index (κ2) is 28.6. The van der Waals surface area contributed by atoms with Crippen molar-refractivity contribution in [3.05, 3.63) is 205 Å². The first-order valence-corrected chi connectivity index (χ1v) is 26.4. The summed E-state index contributed by atoms with van der Waals surface area (Å²) < 4.78 is 5.61. The number of ether oxygens (including phenoxy) is 1. The predicted octanol–water partition coefficient (Wildman–Crippen LogP) is 12.3. The number of likely N-dealkylation sites (N-methyl/N-ethyl adjacent to an activating group) is 2. The highest BCUT2D eigenvalue weighted by Gasteiger charge is 2.20. The van der Waals surface area contributed by atoms with E-state index in [1.807, 2.05) is 14.1 Å². The topological polar surface area (TPSA) is 126 Å². The Kier molecular flexibility index (Phi) is 22.2. The molecule has 6 aromatic carbocycles. The molecule has 0 spiro atoms. The molecule has 19 heteroatoms. The molecule has 2 aromatic heterocycles. The van der Waals surface area contributed by atoms with Crippen LogP contribution in [0.3, 0.4) is 0 Å². The lowest BCUT2D eigenvalue weighted by Gasteiger charge is -2.23. The van der Waals surface area contributed by atoms with Crippen molar-refractivity contribution in [2.45, 2.75) is 11.8 Å². The van der Waals surface area contributed by atoms with Crippen molar-refractivity contribution < 1.29 is 9.84 Å². The summed E-state index contributed by atoms with van der Waals surface area (Å²) in [6, 6.07) is 52.7. The predicted molar refractivity (Wildman–Crippen MR) is 322 cm³/mol. The number of rotatable bonds is 18. The van der Waals surface area contributed by atoms with Gasteiger partial charge in [0.25, 0.3) is 0 Å². The fraction of sp³-hybridized carbons (Fsp3) is 0.276. The Morgan fingerprint density at radius 2 is 0.558 bits per heavy atom. The summed E-state index contributed by atoms with van der Waals surface area (Å²) in [4.78, 5) is 34.6. The Bertz CT molecular complexity index is 2890. The molecule has 0 bridgehead atoms. The molecule has 0 aliphatic heterocycles. The summed E-state index contributed by atoms with van der Waals surface area (Å²) in [5, 5.41) is 9.22. The van der Waals surface area contributed by atoms with Crippen LogP contribution in [0.15, 0.2) is 146 Å². The lowest BCUT2D eigenvalue weighted by molar-refractivity contribution is 0.299. The maximum absolute atomic E-state index is 9.21. The van der Waals surface area contributed by atoms with Crippen LogP contribution in [-0.2, 0) is 0 Å². The van der Waals surface area contributed by atoms with Crippen LogP contribution >= 0.6 is 58.0 Å². The molecule has 0 amide bonds. The van der Waals surface area contributed by atoms with Gasteiger partial charge in [0, 0.05) is 123 Å². The number of aromatic nitrogens is 6. The molecule has 14 nitrogen and oxygen atoms in total. The summed E-state index contributed by atoms with van der Waals surface area (Å²) in [5.74, 6) is 0.276. The highest BCUT2D eigenvalue weighted by molar-refractivity contribution is 6.33. The third-order valence-corrected chi connectivity index (χ3v) is 13.4. The van der Waals surface area contributed by atoms with Crippen LogP contribution in [0, 0.1) is 0 Å². The number of hydrogen-bond acceptors (Lipinski definition) is 14. The minimum absolute atomic E-state index is 0.000000000000000444. The van der Waals surface area contributed by atoms with Crippen molar-refractivity contribution in [2.24, 2.45) is 0 Å². The third kappa shape index (κ3) is 17.4. The Morgan fingerprint density at radius 1 is 0.338 bits per heavy atom. The largest absolute Gasteiger partial charge is 0.461 e. The number of anilines is 6. The van der Waals surface area contributed by atoms with Gasteiger partial charge < -0.3 is 39.2 Å². The molecular weight excluding hydrogens is 1070 g/mol. The fourth-order valence-electron chi connectivity index (χ4n) is 8.22. The smallest absolute Gasteiger partial charge is 0.322 e. The average molecular weight is 1140 g/mol. The molecule has 8 rings (SSSR count). The summed E-state index contributed by atoms with van der Waals surface area (Å²) in [7, 11) is 20.5. The maximum atomic E-state index is 9.21. The Hall–Kier alpha value is -6.65. The van der Waals surface area contributed by atoms with E-state index in [4.69, 9.17) is 62.7 Å². The van der Waals surface area contributed by atoms with Crippen LogP contribution in [0.1, 0.15) is 45.2 Å². The van der Waals surface area contributed by atoms with Crippen molar-refractivity contribution in [3.63, 3.8) is 0 Å². The normalized spacial score (nSPS) is 10.8. The molecule has 8 aromatic rings. The molecular formula is C58H65Cl5N12O2. The number of nitrogens with zero attached hydrogens (tertiary/aromatic N) is 12. The number of halogens is 5. The van der Waals surface area contributed by atoms with Crippen molar-refractivity contribution in [1.29, 1.82) is 0 Å². The van der Waals surface area contributed by atoms with E-state index >= 15 is 0 Å². The van der Waals surface area contributed by atoms with Crippen molar-refractivity contribution in [1.82, 2.24) is 29.9 Å². The van der Waals surface area contributed by atoms with Gasteiger partial charge in [-0.15, -0.1) is 0 Å². The van der Waals surface area contributed by atoms with E-state index in [1.165, 1.54) is 56.1 Å². The summed E-state index contributed by atoms with van der Waals surface area (Å²) in [6.45, 7) is 1.77. The lowest BCUT2D eigenvalue weighted by Crippen LogP contribution is -2.24. The SMILES string of the molecule is CN(C)c1ccc(C(c2ccc(N(C)C)cc2)c2ccc(N(C)CCO)cc2)cc1.CN(C)c1ccc(C(c2ccc(N(C)C)cc2)c2ccc(N(C)CCOc3nc(Cl)nc(Cl)n3)cc2)cc1.Clc1nc(Cl)nc(Cl)n1. The first kappa shape index (κ1) is 59.6. The number of aliphatic hydroxyl groups excluding tert-OH is 1. The number of aliphatic hydroxyl groups is 1. The molecule has 1 N–H and O–H groups in total. The molecule has 404 valence electrons. The molecule has 0 aliphatic carbocycles. The first-order valence-electron chi connectivity index (χ1n) is 24.5. The highest BCUT2D eigenvalue weighted by atomic mass is 35.5. The van der Waals surface area contributed by atoms with Crippen LogP contribution < -0.4 is 34.1 Å². The van der Waals surface area contributed by atoms with E-state index in [9.17, 15) is 5.11 Å². The summed E-state index contributed by atoms with van der Waals surface area (Å²) in [5.41, 5.74) is 14.5. The summed E-state index contributed by atoms with van der Waals surface area (Å²) >= 11 is 27.6. The van der Waals surface area contributed by atoms with Gasteiger partial charge in [-0.25, -0.2) is 0 Å². The zero-order chi connectivity index (χ0) is 55.8. The quantitative estimate of drug-likeness (QED) is 0.0819. The van der Waals surface area contributed by atoms with Gasteiger partial charge >= 0.3 is 6.01 Å². The molecule has 2 heterocycles.